The van der Waals surface area contributed by atoms with E-state index in [1.54, 1.807) is 43.3 Å². The van der Waals surface area contributed by atoms with Crippen LogP contribution in [0.1, 0.15) is 42.9 Å². The van der Waals surface area contributed by atoms with Gasteiger partial charge >= 0.3 is 0 Å². The highest BCUT2D eigenvalue weighted by molar-refractivity contribution is 7.92. The molecule has 0 aliphatic carbocycles. The van der Waals surface area contributed by atoms with Gasteiger partial charge in [0.15, 0.2) is 0 Å². The van der Waals surface area contributed by atoms with Crippen LogP contribution < -0.4 is 4.72 Å². The van der Waals surface area contributed by atoms with Gasteiger partial charge in [-0.25, -0.2) is 13.4 Å². The van der Waals surface area contributed by atoms with E-state index in [1.165, 1.54) is 17.1 Å². The van der Waals surface area contributed by atoms with Crippen molar-refractivity contribution >= 4 is 27.3 Å². The fraction of sp³-hybridized carbons (Fsp3) is 0.217. The van der Waals surface area contributed by atoms with Gasteiger partial charge in [0.1, 0.15) is 17.6 Å². The molecule has 1 aliphatic heterocycles. The van der Waals surface area contributed by atoms with Crippen molar-refractivity contribution in [3.8, 4) is 0 Å². The van der Waals surface area contributed by atoms with Gasteiger partial charge in [0.25, 0.3) is 10.0 Å². The Morgan fingerprint density at radius 2 is 1.81 bits per heavy atom. The van der Waals surface area contributed by atoms with Crippen molar-refractivity contribution in [1.29, 1.82) is 0 Å². The molecule has 1 atom stereocenters. The number of carbonyl (C=O) groups is 1. The number of benzene rings is 2. The van der Waals surface area contributed by atoms with Gasteiger partial charge in [0.2, 0.25) is 5.91 Å². The SMILES string of the molecule is CCC(=O)N1N=C(c2ccccc2NS(=O)(=O)c2ccccc2)C[C@@H]1c1ccc(C)o1. The quantitative estimate of drug-likeness (QED) is 0.616. The number of rotatable bonds is 6. The molecular weight excluding hydrogens is 414 g/mol. The third kappa shape index (κ3) is 4.25. The zero-order valence-electron chi connectivity index (χ0n) is 17.3. The Balaban J connectivity index is 1.69. The first-order chi connectivity index (χ1) is 14.9. The number of nitrogens with one attached hydrogen (secondary N) is 1. The molecule has 7 nitrogen and oxygen atoms in total. The zero-order chi connectivity index (χ0) is 22.0. The smallest absolute Gasteiger partial charge is 0.261 e. The largest absolute Gasteiger partial charge is 0.464 e. The number of hydrazone groups is 1. The number of carbonyl (C=O) groups excluding carboxylic acids is 1. The first kappa shape index (κ1) is 20.9. The van der Waals surface area contributed by atoms with Gasteiger partial charge in [-0.2, -0.15) is 5.10 Å². The van der Waals surface area contributed by atoms with Gasteiger partial charge in [0, 0.05) is 18.4 Å². The molecule has 1 N–H and O–H groups in total. The van der Waals surface area contributed by atoms with Crippen molar-refractivity contribution in [1.82, 2.24) is 5.01 Å². The predicted molar refractivity (Wildman–Crippen MR) is 118 cm³/mol. The molecule has 2 aromatic carbocycles. The second-order valence-corrected chi connectivity index (χ2v) is 8.95. The highest BCUT2D eigenvalue weighted by Gasteiger charge is 2.35. The van der Waals surface area contributed by atoms with Crippen LogP contribution in [0.5, 0.6) is 0 Å². The number of hydrogen-bond donors (Lipinski definition) is 1. The van der Waals surface area contributed by atoms with Crippen LogP contribution in [0.15, 0.2) is 81.1 Å². The summed E-state index contributed by atoms with van der Waals surface area (Å²) in [5, 5.41) is 6.01. The zero-order valence-corrected chi connectivity index (χ0v) is 18.1. The maximum Gasteiger partial charge on any atom is 0.261 e. The number of sulfonamides is 1. The minimum absolute atomic E-state index is 0.128. The molecule has 1 aliphatic rings. The Bertz CT molecular complexity index is 1230. The van der Waals surface area contributed by atoms with Crippen LogP contribution in [-0.2, 0) is 14.8 Å². The fourth-order valence-corrected chi connectivity index (χ4v) is 4.65. The van der Waals surface area contributed by atoms with Crippen LogP contribution in [0.4, 0.5) is 5.69 Å². The molecule has 8 heteroatoms. The van der Waals surface area contributed by atoms with E-state index in [4.69, 9.17) is 4.42 Å². The fourth-order valence-electron chi connectivity index (χ4n) is 3.55. The lowest BCUT2D eigenvalue weighted by molar-refractivity contribution is -0.133. The number of anilines is 1. The lowest BCUT2D eigenvalue weighted by Gasteiger charge is -2.19. The summed E-state index contributed by atoms with van der Waals surface area (Å²) in [5.41, 5.74) is 1.65. The van der Waals surface area contributed by atoms with E-state index < -0.39 is 10.0 Å². The Hall–Kier alpha value is -3.39. The third-order valence-electron chi connectivity index (χ3n) is 5.09. The highest BCUT2D eigenvalue weighted by atomic mass is 32.2. The van der Waals surface area contributed by atoms with Crippen molar-refractivity contribution in [2.45, 2.75) is 37.6 Å². The Morgan fingerprint density at radius 1 is 1.10 bits per heavy atom. The molecule has 31 heavy (non-hydrogen) atoms. The Labute approximate surface area is 181 Å². The van der Waals surface area contributed by atoms with Gasteiger partial charge in [0.05, 0.1) is 16.3 Å². The number of furan rings is 1. The number of amides is 1. The molecular formula is C23H23N3O4S. The maximum atomic E-state index is 12.8. The van der Waals surface area contributed by atoms with Crippen molar-refractivity contribution in [3.63, 3.8) is 0 Å². The predicted octanol–water partition coefficient (Wildman–Crippen LogP) is 4.48. The van der Waals surface area contributed by atoms with Crippen LogP contribution in [0.2, 0.25) is 0 Å². The highest BCUT2D eigenvalue weighted by Crippen LogP contribution is 2.36. The van der Waals surface area contributed by atoms with Crippen LogP contribution in [0.3, 0.4) is 0 Å². The second kappa shape index (κ2) is 8.39. The molecule has 1 amide bonds. The van der Waals surface area contributed by atoms with Gasteiger partial charge in [-0.05, 0) is 37.3 Å². The summed E-state index contributed by atoms with van der Waals surface area (Å²) >= 11 is 0. The second-order valence-electron chi connectivity index (χ2n) is 7.27. The van der Waals surface area contributed by atoms with Crippen LogP contribution in [0.25, 0.3) is 0 Å². The summed E-state index contributed by atoms with van der Waals surface area (Å²) in [5.74, 6) is 1.28. The molecule has 0 bridgehead atoms. The van der Waals surface area contributed by atoms with Crippen molar-refractivity contribution in [2.75, 3.05) is 4.72 Å². The normalized spacial score (nSPS) is 16.3. The molecule has 0 saturated carbocycles. The average molecular weight is 438 g/mol. The van der Waals surface area contributed by atoms with Crippen molar-refractivity contribution < 1.29 is 17.6 Å². The summed E-state index contributed by atoms with van der Waals surface area (Å²) in [6, 6.07) is 18.6. The number of aryl methyl sites for hydroxylation is 1. The molecule has 2 heterocycles. The van der Waals surface area contributed by atoms with E-state index in [-0.39, 0.29) is 16.8 Å². The molecule has 0 fully saturated rings. The van der Waals surface area contributed by atoms with Gasteiger partial charge in [-0.1, -0.05) is 43.3 Å². The first-order valence-corrected chi connectivity index (χ1v) is 11.5. The van der Waals surface area contributed by atoms with E-state index in [9.17, 15) is 13.2 Å². The van der Waals surface area contributed by atoms with Gasteiger partial charge < -0.3 is 4.42 Å². The van der Waals surface area contributed by atoms with Crippen LogP contribution in [-0.4, -0.2) is 25.0 Å². The minimum Gasteiger partial charge on any atom is -0.464 e. The van der Waals surface area contributed by atoms with Gasteiger partial charge in [-0.3, -0.25) is 9.52 Å². The number of para-hydroxylation sites is 1. The van der Waals surface area contributed by atoms with Crippen molar-refractivity contribution in [2.24, 2.45) is 5.10 Å². The molecule has 1 aromatic heterocycles. The molecule has 0 saturated heterocycles. The Kier molecular flexibility index (Phi) is 5.65. The first-order valence-electron chi connectivity index (χ1n) is 10.0. The van der Waals surface area contributed by atoms with Crippen LogP contribution >= 0.6 is 0 Å². The topological polar surface area (TPSA) is 92.0 Å². The molecule has 0 radical (unpaired) electrons. The average Bonchev–Trinajstić information content (AvgIpc) is 3.40. The van der Waals surface area contributed by atoms with Crippen molar-refractivity contribution in [3.05, 3.63) is 83.8 Å². The standard InChI is InChI=1S/C23H23N3O4S/c1-3-23(27)26-21(22-14-13-16(2)30-22)15-20(24-26)18-11-7-8-12-19(18)25-31(28,29)17-9-5-4-6-10-17/h4-14,21,25H,3,15H2,1-2H3/t21-/m1/s1. The lowest BCUT2D eigenvalue weighted by atomic mass is 10.0. The molecule has 0 spiro atoms. The van der Waals surface area contributed by atoms with E-state index in [2.05, 4.69) is 9.82 Å². The summed E-state index contributed by atoms with van der Waals surface area (Å²) in [4.78, 5) is 12.7. The van der Waals surface area contributed by atoms with E-state index in [1.807, 2.05) is 25.1 Å². The summed E-state index contributed by atoms with van der Waals surface area (Å²) in [7, 11) is -3.77. The molecule has 4 rings (SSSR count). The summed E-state index contributed by atoms with van der Waals surface area (Å²) < 4.78 is 34.1. The molecule has 3 aromatic rings. The van der Waals surface area contributed by atoms with Crippen LogP contribution in [0, 0.1) is 6.92 Å². The monoisotopic (exact) mass is 437 g/mol. The minimum atomic E-state index is -3.77. The molecule has 0 unspecified atom stereocenters. The third-order valence-corrected chi connectivity index (χ3v) is 6.48. The van der Waals surface area contributed by atoms with E-state index in [0.29, 0.717) is 35.6 Å². The number of hydrogen-bond acceptors (Lipinski definition) is 5. The lowest BCUT2D eigenvalue weighted by Crippen LogP contribution is -2.25. The van der Waals surface area contributed by atoms with Gasteiger partial charge in [-0.15, -0.1) is 0 Å². The Morgan fingerprint density at radius 3 is 2.48 bits per heavy atom. The van der Waals surface area contributed by atoms with E-state index >= 15 is 0 Å². The summed E-state index contributed by atoms with van der Waals surface area (Å²) in [6.07, 6.45) is 0.720. The summed E-state index contributed by atoms with van der Waals surface area (Å²) in [6.45, 7) is 3.63. The number of nitrogens with zero attached hydrogens (tertiary/aromatic N) is 2. The maximum absolute atomic E-state index is 12.8. The molecule has 160 valence electrons. The van der Waals surface area contributed by atoms with E-state index in [0.717, 1.165) is 5.76 Å².